The van der Waals surface area contributed by atoms with Gasteiger partial charge in [-0.15, -0.1) is 0 Å². The highest BCUT2D eigenvalue weighted by atomic mass is 16.1. The fourth-order valence-electron chi connectivity index (χ4n) is 1.67. The Morgan fingerprint density at radius 2 is 2.27 bits per heavy atom. The average molecular weight is 205 g/mol. The molecule has 1 fully saturated rings. The van der Waals surface area contributed by atoms with E-state index in [1.807, 2.05) is 12.1 Å². The van der Waals surface area contributed by atoms with E-state index in [4.69, 9.17) is 0 Å². The summed E-state index contributed by atoms with van der Waals surface area (Å²) in [6.07, 6.45) is 5.14. The van der Waals surface area contributed by atoms with E-state index < -0.39 is 0 Å². The van der Waals surface area contributed by atoms with Gasteiger partial charge >= 0.3 is 0 Å². The number of hydrogen-bond donors (Lipinski definition) is 2. The van der Waals surface area contributed by atoms with Crippen molar-refractivity contribution in [1.29, 1.82) is 0 Å². The molecule has 1 atom stereocenters. The van der Waals surface area contributed by atoms with Gasteiger partial charge in [0.25, 0.3) is 0 Å². The largest absolute Gasteiger partial charge is 0.355 e. The molecule has 1 unspecified atom stereocenters. The Bertz CT molecular complexity index is 316. The van der Waals surface area contributed by atoms with Crippen LogP contribution in [0.4, 0.5) is 0 Å². The predicted molar refractivity (Wildman–Crippen MR) is 57.1 cm³/mol. The maximum absolute atomic E-state index is 10.9. The Labute approximate surface area is 89.1 Å². The Balaban J connectivity index is 1.77. The number of nitrogens with one attached hydrogen (secondary N) is 2. The van der Waals surface area contributed by atoms with Crippen LogP contribution in [0.25, 0.3) is 0 Å². The van der Waals surface area contributed by atoms with Gasteiger partial charge in [0, 0.05) is 37.9 Å². The number of nitrogens with zero attached hydrogens (tertiary/aromatic N) is 1. The second kappa shape index (κ2) is 4.89. The minimum Gasteiger partial charge on any atom is -0.355 e. The minimum atomic E-state index is 0.164. The van der Waals surface area contributed by atoms with Crippen LogP contribution >= 0.6 is 0 Å². The smallest absolute Gasteiger partial charge is 0.220 e. The maximum Gasteiger partial charge on any atom is 0.220 e. The van der Waals surface area contributed by atoms with Crippen LogP contribution in [0, 0.1) is 0 Å². The van der Waals surface area contributed by atoms with Crippen LogP contribution in [0.15, 0.2) is 24.5 Å². The van der Waals surface area contributed by atoms with Crippen molar-refractivity contribution in [3.05, 3.63) is 30.1 Å². The number of pyridine rings is 1. The monoisotopic (exact) mass is 205 g/mol. The van der Waals surface area contributed by atoms with E-state index in [1.165, 1.54) is 5.56 Å². The highest BCUT2D eigenvalue weighted by Gasteiger charge is 2.16. The van der Waals surface area contributed by atoms with Crippen LogP contribution in [0.2, 0.25) is 0 Å². The molecular weight excluding hydrogens is 190 g/mol. The molecule has 2 rings (SSSR count). The Morgan fingerprint density at radius 3 is 2.93 bits per heavy atom. The lowest BCUT2D eigenvalue weighted by atomic mass is 10.1. The van der Waals surface area contributed by atoms with Crippen LogP contribution in [-0.2, 0) is 11.3 Å². The van der Waals surface area contributed by atoms with E-state index in [9.17, 15) is 4.79 Å². The first-order valence-electron chi connectivity index (χ1n) is 5.23. The van der Waals surface area contributed by atoms with Crippen molar-refractivity contribution in [1.82, 2.24) is 15.6 Å². The Morgan fingerprint density at radius 1 is 1.47 bits per heavy atom. The van der Waals surface area contributed by atoms with Crippen molar-refractivity contribution >= 4 is 5.91 Å². The summed E-state index contributed by atoms with van der Waals surface area (Å²) in [6, 6.07) is 4.39. The van der Waals surface area contributed by atoms with Crippen molar-refractivity contribution in [3.8, 4) is 0 Å². The highest BCUT2D eigenvalue weighted by molar-refractivity contribution is 5.76. The average Bonchev–Trinajstić information content (AvgIpc) is 2.30. The summed E-state index contributed by atoms with van der Waals surface area (Å²) < 4.78 is 0. The van der Waals surface area contributed by atoms with Gasteiger partial charge in [0.15, 0.2) is 0 Å². The van der Waals surface area contributed by atoms with Gasteiger partial charge in [0.1, 0.15) is 0 Å². The topological polar surface area (TPSA) is 54.0 Å². The zero-order valence-corrected chi connectivity index (χ0v) is 8.57. The van der Waals surface area contributed by atoms with Crippen LogP contribution in [0.1, 0.15) is 18.4 Å². The molecule has 1 saturated heterocycles. The first-order valence-corrected chi connectivity index (χ1v) is 5.23. The van der Waals surface area contributed by atoms with Crippen molar-refractivity contribution in [2.75, 3.05) is 6.54 Å². The summed E-state index contributed by atoms with van der Waals surface area (Å²) in [5.41, 5.74) is 1.22. The molecule has 0 saturated carbocycles. The Hall–Kier alpha value is -1.42. The first-order chi connectivity index (χ1) is 7.34. The summed E-state index contributed by atoms with van der Waals surface area (Å²) in [5, 5.41) is 6.27. The molecule has 15 heavy (non-hydrogen) atoms. The molecule has 1 aliphatic rings. The van der Waals surface area contributed by atoms with Crippen molar-refractivity contribution in [2.45, 2.75) is 25.4 Å². The van der Waals surface area contributed by atoms with E-state index in [1.54, 1.807) is 12.4 Å². The highest BCUT2D eigenvalue weighted by Crippen LogP contribution is 2.04. The lowest BCUT2D eigenvalue weighted by Gasteiger charge is -2.23. The molecule has 1 aromatic heterocycles. The molecule has 0 aromatic carbocycles. The summed E-state index contributed by atoms with van der Waals surface area (Å²) in [6.45, 7) is 1.58. The molecule has 80 valence electrons. The molecule has 1 aromatic rings. The van der Waals surface area contributed by atoms with Gasteiger partial charge in [0.05, 0.1) is 0 Å². The third-order valence-electron chi connectivity index (χ3n) is 2.61. The van der Waals surface area contributed by atoms with Crippen LogP contribution in [0.5, 0.6) is 0 Å². The summed E-state index contributed by atoms with van der Waals surface area (Å²) in [7, 11) is 0. The summed E-state index contributed by atoms with van der Waals surface area (Å²) >= 11 is 0. The van der Waals surface area contributed by atoms with Crippen molar-refractivity contribution in [3.63, 3.8) is 0 Å². The molecule has 1 aliphatic heterocycles. The number of aromatic nitrogens is 1. The standard InChI is InChI=1S/C11H15N3O/c15-11-2-1-10(8-14-11)13-7-9-3-5-12-6-4-9/h3-6,10,13H,1-2,7-8H2,(H,14,15). The molecule has 4 nitrogen and oxygen atoms in total. The third-order valence-corrected chi connectivity index (χ3v) is 2.61. The zero-order chi connectivity index (χ0) is 10.5. The van der Waals surface area contributed by atoms with E-state index in [0.29, 0.717) is 12.5 Å². The van der Waals surface area contributed by atoms with E-state index >= 15 is 0 Å². The second-order valence-electron chi connectivity index (χ2n) is 3.78. The molecular formula is C11H15N3O. The SMILES string of the molecule is O=C1CCC(NCc2ccncc2)CN1. The van der Waals surface area contributed by atoms with Gasteiger partial charge in [-0.1, -0.05) is 0 Å². The molecule has 0 radical (unpaired) electrons. The van der Waals surface area contributed by atoms with E-state index in [2.05, 4.69) is 15.6 Å². The number of amides is 1. The van der Waals surface area contributed by atoms with Gasteiger partial charge in [-0.2, -0.15) is 0 Å². The van der Waals surface area contributed by atoms with Gasteiger partial charge < -0.3 is 10.6 Å². The number of piperidine rings is 1. The zero-order valence-electron chi connectivity index (χ0n) is 8.57. The van der Waals surface area contributed by atoms with Crippen LogP contribution in [-0.4, -0.2) is 23.5 Å². The first kappa shape index (κ1) is 10.1. The molecule has 1 amide bonds. The maximum atomic E-state index is 10.9. The van der Waals surface area contributed by atoms with Crippen molar-refractivity contribution < 1.29 is 4.79 Å². The third kappa shape index (κ3) is 3.02. The minimum absolute atomic E-state index is 0.164. The van der Waals surface area contributed by atoms with Gasteiger partial charge in [-0.3, -0.25) is 9.78 Å². The lowest BCUT2D eigenvalue weighted by molar-refractivity contribution is -0.122. The summed E-state index contributed by atoms with van der Waals surface area (Å²) in [5.74, 6) is 0.164. The van der Waals surface area contributed by atoms with Crippen LogP contribution in [0.3, 0.4) is 0 Å². The molecule has 0 bridgehead atoms. The van der Waals surface area contributed by atoms with Gasteiger partial charge in [-0.05, 0) is 24.1 Å². The van der Waals surface area contributed by atoms with E-state index in [-0.39, 0.29) is 5.91 Å². The van der Waals surface area contributed by atoms with E-state index in [0.717, 1.165) is 19.5 Å². The fraction of sp³-hybridized carbons (Fsp3) is 0.455. The van der Waals surface area contributed by atoms with Crippen LogP contribution < -0.4 is 10.6 Å². The Kier molecular flexibility index (Phi) is 3.29. The lowest BCUT2D eigenvalue weighted by Crippen LogP contribution is -2.45. The number of hydrogen-bond acceptors (Lipinski definition) is 3. The molecule has 2 heterocycles. The number of carbonyl (C=O) groups excluding carboxylic acids is 1. The molecule has 4 heteroatoms. The molecule has 0 spiro atoms. The fourth-order valence-corrected chi connectivity index (χ4v) is 1.67. The molecule has 2 N–H and O–H groups in total. The summed E-state index contributed by atoms with van der Waals surface area (Å²) in [4.78, 5) is 14.9. The number of rotatable bonds is 3. The predicted octanol–water partition coefficient (Wildman–Crippen LogP) is 0.450. The van der Waals surface area contributed by atoms with Gasteiger partial charge in [0.2, 0.25) is 5.91 Å². The second-order valence-corrected chi connectivity index (χ2v) is 3.78. The van der Waals surface area contributed by atoms with Crippen molar-refractivity contribution in [2.24, 2.45) is 0 Å². The quantitative estimate of drug-likeness (QED) is 0.753. The number of carbonyl (C=O) groups is 1. The van der Waals surface area contributed by atoms with Gasteiger partial charge in [-0.25, -0.2) is 0 Å². The normalized spacial score (nSPS) is 21.1. The molecule has 0 aliphatic carbocycles.